The second-order valence-corrected chi connectivity index (χ2v) is 4.70. The Morgan fingerprint density at radius 1 is 1.11 bits per heavy atom. The SMILES string of the molecule is Cn1c2ccccc2c2cc3nc(Cl)oc3cc21. The molecule has 0 aliphatic rings. The summed E-state index contributed by atoms with van der Waals surface area (Å²) < 4.78 is 7.52. The lowest BCUT2D eigenvalue weighted by Crippen LogP contribution is -1.85. The van der Waals surface area contributed by atoms with Gasteiger partial charge in [-0.3, -0.25) is 0 Å². The van der Waals surface area contributed by atoms with E-state index in [2.05, 4.69) is 28.7 Å². The molecule has 18 heavy (non-hydrogen) atoms. The third kappa shape index (κ3) is 1.17. The number of rotatable bonds is 0. The van der Waals surface area contributed by atoms with Gasteiger partial charge in [-0.25, -0.2) is 0 Å². The minimum atomic E-state index is 0.185. The lowest BCUT2D eigenvalue weighted by Gasteiger charge is -1.96. The van der Waals surface area contributed by atoms with Crippen molar-refractivity contribution in [3.63, 3.8) is 0 Å². The fraction of sp³-hybridized carbons (Fsp3) is 0.0714. The maximum absolute atomic E-state index is 5.79. The number of hydrogen-bond acceptors (Lipinski definition) is 2. The van der Waals surface area contributed by atoms with E-state index in [0.717, 1.165) is 16.6 Å². The van der Waals surface area contributed by atoms with E-state index in [9.17, 15) is 0 Å². The monoisotopic (exact) mass is 256 g/mol. The van der Waals surface area contributed by atoms with Gasteiger partial charge in [0.1, 0.15) is 5.52 Å². The number of hydrogen-bond donors (Lipinski definition) is 0. The minimum absolute atomic E-state index is 0.185. The molecule has 0 saturated carbocycles. The molecule has 0 radical (unpaired) electrons. The highest BCUT2D eigenvalue weighted by Gasteiger charge is 2.11. The van der Waals surface area contributed by atoms with Crippen LogP contribution in [0.25, 0.3) is 32.9 Å². The van der Waals surface area contributed by atoms with Crippen molar-refractivity contribution >= 4 is 44.5 Å². The van der Waals surface area contributed by atoms with Gasteiger partial charge in [-0.2, -0.15) is 4.98 Å². The summed E-state index contributed by atoms with van der Waals surface area (Å²) in [5, 5.41) is 2.58. The first-order chi connectivity index (χ1) is 8.74. The molecule has 4 heteroatoms. The first kappa shape index (κ1) is 9.97. The topological polar surface area (TPSA) is 31.0 Å². The summed E-state index contributed by atoms with van der Waals surface area (Å²) in [6.45, 7) is 0. The van der Waals surface area contributed by atoms with Crippen molar-refractivity contribution in [2.45, 2.75) is 0 Å². The molecule has 4 aromatic rings. The zero-order valence-corrected chi connectivity index (χ0v) is 10.4. The molecule has 0 spiro atoms. The number of fused-ring (bicyclic) bond motifs is 4. The third-order valence-corrected chi connectivity index (χ3v) is 3.56. The Morgan fingerprint density at radius 3 is 2.83 bits per heavy atom. The normalized spacial score (nSPS) is 11.9. The molecular formula is C14H9ClN2O. The van der Waals surface area contributed by atoms with Crippen LogP contribution < -0.4 is 0 Å². The van der Waals surface area contributed by atoms with Crippen LogP contribution in [-0.2, 0) is 7.05 Å². The van der Waals surface area contributed by atoms with Crippen LogP contribution >= 0.6 is 11.6 Å². The van der Waals surface area contributed by atoms with Crippen molar-refractivity contribution in [1.82, 2.24) is 9.55 Å². The fourth-order valence-corrected chi connectivity index (χ4v) is 2.73. The molecule has 0 aliphatic carbocycles. The van der Waals surface area contributed by atoms with Gasteiger partial charge in [-0.05, 0) is 23.7 Å². The molecule has 3 nitrogen and oxygen atoms in total. The smallest absolute Gasteiger partial charge is 0.293 e. The van der Waals surface area contributed by atoms with Crippen LogP contribution in [-0.4, -0.2) is 9.55 Å². The van der Waals surface area contributed by atoms with Crippen LogP contribution in [0.5, 0.6) is 0 Å². The van der Waals surface area contributed by atoms with E-state index in [0.29, 0.717) is 0 Å². The van der Waals surface area contributed by atoms with Gasteiger partial charge in [-0.1, -0.05) is 18.2 Å². The summed E-state index contributed by atoms with van der Waals surface area (Å²) in [6.07, 6.45) is 0. The van der Waals surface area contributed by atoms with E-state index in [4.69, 9.17) is 16.0 Å². The van der Waals surface area contributed by atoms with E-state index < -0.39 is 0 Å². The van der Waals surface area contributed by atoms with Crippen LogP contribution in [0.1, 0.15) is 0 Å². The quantitative estimate of drug-likeness (QED) is 0.474. The molecule has 0 N–H and O–H groups in total. The Hall–Kier alpha value is -2.00. The second-order valence-electron chi connectivity index (χ2n) is 4.38. The van der Waals surface area contributed by atoms with E-state index in [-0.39, 0.29) is 5.35 Å². The number of benzene rings is 2. The highest BCUT2D eigenvalue weighted by Crippen LogP contribution is 2.32. The van der Waals surface area contributed by atoms with Gasteiger partial charge in [0.25, 0.3) is 5.35 Å². The number of nitrogens with zero attached hydrogens (tertiary/aromatic N) is 2. The zero-order valence-electron chi connectivity index (χ0n) is 9.64. The standard InChI is InChI=1S/C14H9ClN2O/c1-17-11-5-3-2-4-8(11)9-6-10-13(7-12(9)17)18-14(15)16-10/h2-7H,1H3. The van der Waals surface area contributed by atoms with Gasteiger partial charge >= 0.3 is 0 Å². The maximum Gasteiger partial charge on any atom is 0.293 e. The van der Waals surface area contributed by atoms with Crippen LogP contribution in [0.4, 0.5) is 0 Å². The molecule has 0 atom stereocenters. The van der Waals surface area contributed by atoms with Crippen LogP contribution in [0.2, 0.25) is 5.35 Å². The summed E-state index contributed by atoms with van der Waals surface area (Å²) >= 11 is 5.79. The van der Waals surface area contributed by atoms with E-state index in [1.165, 1.54) is 16.3 Å². The maximum atomic E-state index is 5.79. The molecule has 4 rings (SSSR count). The van der Waals surface area contributed by atoms with Gasteiger partial charge in [0.2, 0.25) is 0 Å². The van der Waals surface area contributed by atoms with Crippen LogP contribution in [0, 0.1) is 0 Å². The van der Waals surface area contributed by atoms with Crippen LogP contribution in [0.15, 0.2) is 40.8 Å². The summed E-state index contributed by atoms with van der Waals surface area (Å²) in [5.74, 6) is 0. The average Bonchev–Trinajstić information content (AvgIpc) is 2.86. The highest BCUT2D eigenvalue weighted by molar-refractivity contribution is 6.28. The molecule has 0 unspecified atom stereocenters. The molecule has 0 amide bonds. The predicted octanol–water partition coefficient (Wildman–Crippen LogP) is 4.13. The van der Waals surface area contributed by atoms with Crippen LogP contribution in [0.3, 0.4) is 0 Å². The van der Waals surface area contributed by atoms with Crippen molar-refractivity contribution in [1.29, 1.82) is 0 Å². The molecule has 0 fully saturated rings. The van der Waals surface area contributed by atoms with E-state index >= 15 is 0 Å². The number of oxazole rings is 1. The lowest BCUT2D eigenvalue weighted by atomic mass is 10.1. The Kier molecular flexibility index (Phi) is 1.81. The molecule has 2 aromatic heterocycles. The summed E-state index contributed by atoms with van der Waals surface area (Å²) in [7, 11) is 2.05. The van der Waals surface area contributed by atoms with Gasteiger partial charge < -0.3 is 8.98 Å². The van der Waals surface area contributed by atoms with Crippen molar-refractivity contribution in [2.24, 2.45) is 7.05 Å². The molecule has 0 aliphatic heterocycles. The van der Waals surface area contributed by atoms with E-state index in [1.54, 1.807) is 0 Å². The lowest BCUT2D eigenvalue weighted by molar-refractivity contribution is 0.605. The Bertz CT molecular complexity index is 904. The van der Waals surface area contributed by atoms with Gasteiger partial charge in [0.05, 0.1) is 5.52 Å². The largest absolute Gasteiger partial charge is 0.427 e. The second kappa shape index (κ2) is 3.27. The number of para-hydroxylation sites is 1. The Morgan fingerprint density at radius 2 is 1.94 bits per heavy atom. The first-order valence-corrected chi connectivity index (χ1v) is 6.05. The fourth-order valence-electron chi connectivity index (χ4n) is 2.55. The molecule has 2 aromatic carbocycles. The summed E-state index contributed by atoms with van der Waals surface area (Å²) in [5.41, 5.74) is 3.84. The number of aryl methyl sites for hydroxylation is 1. The van der Waals surface area contributed by atoms with Crippen molar-refractivity contribution < 1.29 is 4.42 Å². The first-order valence-electron chi connectivity index (χ1n) is 5.67. The predicted molar refractivity (Wildman–Crippen MR) is 73.0 cm³/mol. The Labute approximate surface area is 108 Å². The highest BCUT2D eigenvalue weighted by atomic mass is 35.5. The zero-order chi connectivity index (χ0) is 12.3. The molecule has 2 heterocycles. The molecule has 0 bridgehead atoms. The van der Waals surface area contributed by atoms with Gasteiger partial charge in [0, 0.05) is 29.4 Å². The minimum Gasteiger partial charge on any atom is -0.427 e. The molecular weight excluding hydrogens is 248 g/mol. The van der Waals surface area contributed by atoms with Crippen molar-refractivity contribution in [3.05, 3.63) is 41.7 Å². The third-order valence-electron chi connectivity index (χ3n) is 3.40. The molecule has 0 saturated heterocycles. The Balaban J connectivity index is 2.30. The summed E-state index contributed by atoms with van der Waals surface area (Å²) in [6, 6.07) is 12.3. The van der Waals surface area contributed by atoms with Gasteiger partial charge in [-0.15, -0.1) is 0 Å². The van der Waals surface area contributed by atoms with Crippen molar-refractivity contribution in [3.8, 4) is 0 Å². The average molecular weight is 257 g/mol. The van der Waals surface area contributed by atoms with Gasteiger partial charge in [0.15, 0.2) is 5.58 Å². The number of halogens is 1. The van der Waals surface area contributed by atoms with E-state index in [1.807, 2.05) is 24.3 Å². The summed E-state index contributed by atoms with van der Waals surface area (Å²) in [4.78, 5) is 4.17. The van der Waals surface area contributed by atoms with Crippen molar-refractivity contribution in [2.75, 3.05) is 0 Å². The number of aromatic nitrogens is 2. The molecule has 88 valence electrons.